The fourth-order valence-electron chi connectivity index (χ4n) is 3.23. The van der Waals surface area contributed by atoms with Gasteiger partial charge in [0.25, 0.3) is 0 Å². The molecule has 2 aromatic rings. The van der Waals surface area contributed by atoms with Crippen LogP contribution in [0.15, 0.2) is 60.7 Å². The third-order valence-corrected chi connectivity index (χ3v) is 7.90. The summed E-state index contributed by atoms with van der Waals surface area (Å²) < 4.78 is 7.95. The summed E-state index contributed by atoms with van der Waals surface area (Å²) in [6, 6.07) is 13.2. The zero-order chi connectivity index (χ0) is 14.2. The van der Waals surface area contributed by atoms with E-state index in [0.717, 1.165) is 12.2 Å². The molecule has 2 aromatic carbocycles. The number of ether oxygens (including phenoxy) is 1. The van der Waals surface area contributed by atoms with E-state index in [9.17, 15) is 0 Å². The Morgan fingerprint density at radius 2 is 1.74 bits per heavy atom. The average Bonchev–Trinajstić information content (AvgIpc) is 3.15. The van der Waals surface area contributed by atoms with Crippen LogP contribution in [0.1, 0.15) is 11.1 Å². The summed E-state index contributed by atoms with van der Waals surface area (Å²) in [6.45, 7) is 0. The van der Waals surface area contributed by atoms with Crippen LogP contribution in [0.4, 0.5) is 0 Å². The van der Waals surface area contributed by atoms with Gasteiger partial charge in [-0.15, -0.1) is 0 Å². The molecule has 1 nitrogen and oxygen atoms in total. The fourth-order valence-corrected chi connectivity index (χ4v) is 6.52. The van der Waals surface area contributed by atoms with E-state index in [2.05, 4.69) is 60.7 Å². The number of halogens is 2. The molecule has 0 aromatic heterocycles. The first-order valence-electron chi connectivity index (χ1n) is 7.26. The Kier molecular flexibility index (Phi) is 6.31. The predicted molar refractivity (Wildman–Crippen MR) is 82.9 cm³/mol. The van der Waals surface area contributed by atoms with Crippen LogP contribution in [0.3, 0.4) is 0 Å². The Bertz CT molecular complexity index is 756. The molecule has 0 saturated carbocycles. The van der Waals surface area contributed by atoms with Crippen LogP contribution in [0, 0.1) is 0 Å². The van der Waals surface area contributed by atoms with Gasteiger partial charge in [0.2, 0.25) is 0 Å². The minimum atomic E-state index is -0.638. The largest absolute Gasteiger partial charge is 1.00 e. The van der Waals surface area contributed by atoms with Crippen LogP contribution in [-0.2, 0) is 29.7 Å². The number of methoxy groups -OCH3 is 1. The molecule has 4 rings (SSSR count). The molecule has 0 N–H and O–H groups in total. The Hall–Kier alpha value is -0.817. The van der Waals surface area contributed by atoms with Crippen LogP contribution in [0.2, 0.25) is 3.63 Å². The molecule has 0 fully saturated rings. The van der Waals surface area contributed by atoms with Gasteiger partial charge in [-0.2, -0.15) is 0 Å². The minimum Gasteiger partial charge on any atom is -1.00 e. The van der Waals surface area contributed by atoms with Crippen molar-refractivity contribution in [2.24, 2.45) is 0 Å². The van der Waals surface area contributed by atoms with Crippen LogP contribution in [0.25, 0.3) is 11.1 Å². The van der Waals surface area contributed by atoms with Gasteiger partial charge in [-0.1, -0.05) is 0 Å². The molecule has 0 unspecified atom stereocenters. The van der Waals surface area contributed by atoms with Crippen LogP contribution in [-0.4, -0.2) is 7.11 Å². The Morgan fingerprint density at radius 3 is 2.48 bits per heavy atom. The Labute approximate surface area is 161 Å². The molecule has 116 valence electrons. The van der Waals surface area contributed by atoms with Gasteiger partial charge in [0.1, 0.15) is 0 Å². The zero-order valence-electron chi connectivity index (χ0n) is 12.7. The van der Waals surface area contributed by atoms with E-state index in [0.29, 0.717) is 3.63 Å². The van der Waals surface area contributed by atoms with Gasteiger partial charge in [0, 0.05) is 0 Å². The molecule has 0 bridgehead atoms. The van der Waals surface area contributed by atoms with Crippen LogP contribution in [0.5, 0.6) is 5.75 Å². The van der Waals surface area contributed by atoms with Crippen molar-refractivity contribution in [2.75, 3.05) is 7.11 Å². The first kappa shape index (κ1) is 18.5. The predicted octanol–water partition coefficient (Wildman–Crippen LogP) is -2.10. The van der Waals surface area contributed by atoms with Crippen molar-refractivity contribution in [3.05, 3.63) is 71.8 Å². The smallest absolute Gasteiger partial charge is 1.00 e. The van der Waals surface area contributed by atoms with Crippen molar-refractivity contribution in [2.45, 2.75) is 10.0 Å². The molecule has 2 aliphatic rings. The first-order chi connectivity index (χ1) is 10.4. The van der Waals surface area contributed by atoms with E-state index in [4.69, 9.17) is 4.74 Å². The summed E-state index contributed by atoms with van der Waals surface area (Å²) in [5.41, 5.74) is 5.67. The molecular formula is C19H16Cl2OZr. The summed E-state index contributed by atoms with van der Waals surface area (Å²) in [4.78, 5) is 0. The Balaban J connectivity index is 0.000000960. The topological polar surface area (TPSA) is 9.23 Å². The van der Waals surface area contributed by atoms with Crippen molar-refractivity contribution in [1.29, 1.82) is 0 Å². The van der Waals surface area contributed by atoms with Crippen molar-refractivity contribution < 1.29 is 52.8 Å². The van der Waals surface area contributed by atoms with E-state index in [1.54, 1.807) is 10.4 Å². The summed E-state index contributed by atoms with van der Waals surface area (Å²) in [6.07, 6.45) is 10.1. The quantitative estimate of drug-likeness (QED) is 0.470. The number of hydrogen-bond acceptors (Lipinski definition) is 1. The summed E-state index contributed by atoms with van der Waals surface area (Å²) in [7, 11) is 1.78. The Morgan fingerprint density at radius 1 is 1.00 bits per heavy atom. The summed E-state index contributed by atoms with van der Waals surface area (Å²) in [5.74, 6) is 1.02. The second kappa shape index (κ2) is 7.84. The van der Waals surface area contributed by atoms with Gasteiger partial charge < -0.3 is 24.8 Å². The standard InChI is InChI=1S/C14H11O.C5H5.2ClH.Zr/c1-15-13-8-4-6-11-9-10-5-2-3-7-12(10)14(11)13;1-2-4-5-3-1;;;/h2-5,7-8H,9H2,1H3;1-5H;2*1H;/q;;;;+2/p-2. The molecule has 0 heterocycles. The number of hydrogen-bond donors (Lipinski definition) is 0. The zero-order valence-corrected chi connectivity index (χ0v) is 16.7. The molecule has 0 atom stereocenters. The number of allylic oxidation sites excluding steroid dienone is 4. The number of benzene rings is 2. The van der Waals surface area contributed by atoms with Crippen LogP contribution >= 0.6 is 0 Å². The van der Waals surface area contributed by atoms with Gasteiger partial charge in [0.05, 0.1) is 0 Å². The van der Waals surface area contributed by atoms with E-state index >= 15 is 0 Å². The molecule has 0 saturated heterocycles. The molecule has 0 spiro atoms. The van der Waals surface area contributed by atoms with E-state index in [1.807, 2.05) is 0 Å². The van der Waals surface area contributed by atoms with Crippen molar-refractivity contribution in [3.63, 3.8) is 0 Å². The summed E-state index contributed by atoms with van der Waals surface area (Å²) >= 11 is -0.638. The average molecular weight is 422 g/mol. The van der Waals surface area contributed by atoms with Gasteiger partial charge in [-0.3, -0.25) is 0 Å². The van der Waals surface area contributed by atoms with Gasteiger partial charge in [-0.25, -0.2) is 0 Å². The number of rotatable bonds is 3. The molecule has 0 radical (unpaired) electrons. The molecule has 0 aliphatic heterocycles. The third-order valence-electron chi connectivity index (χ3n) is 4.22. The van der Waals surface area contributed by atoms with Crippen molar-refractivity contribution in [1.82, 2.24) is 0 Å². The normalized spacial score (nSPS) is 13.6. The van der Waals surface area contributed by atoms with Crippen molar-refractivity contribution >= 4 is 3.27 Å². The van der Waals surface area contributed by atoms with Gasteiger partial charge in [0.15, 0.2) is 0 Å². The maximum atomic E-state index is 5.63. The second-order valence-electron chi connectivity index (χ2n) is 5.44. The molecular weight excluding hydrogens is 406 g/mol. The van der Waals surface area contributed by atoms with E-state index in [-0.39, 0.29) is 24.8 Å². The SMILES string of the molecule is COc1cc[c]([Zr+2][CH]2C=CC=C2)c2c1-c1ccccc1C2.[Cl-].[Cl-]. The molecule has 23 heavy (non-hydrogen) atoms. The third kappa shape index (κ3) is 3.36. The first-order valence-corrected chi connectivity index (χ1v) is 9.91. The molecule has 4 heteroatoms. The summed E-state index contributed by atoms with van der Waals surface area (Å²) in [5, 5.41) is 0. The van der Waals surface area contributed by atoms with E-state index < -0.39 is 23.2 Å². The second-order valence-corrected chi connectivity index (χ2v) is 9.12. The van der Waals surface area contributed by atoms with E-state index in [1.165, 1.54) is 22.3 Å². The maximum Gasteiger partial charge on any atom is -1.00 e. The maximum absolute atomic E-state index is 5.63. The van der Waals surface area contributed by atoms with Crippen LogP contribution < -0.4 is 32.8 Å². The molecule has 2 aliphatic carbocycles. The number of fused-ring (bicyclic) bond motifs is 3. The molecule has 0 amide bonds. The van der Waals surface area contributed by atoms with Crippen molar-refractivity contribution in [3.8, 4) is 16.9 Å². The van der Waals surface area contributed by atoms with Gasteiger partial charge in [-0.05, 0) is 0 Å². The monoisotopic (exact) mass is 420 g/mol. The fraction of sp³-hybridized carbons (Fsp3) is 0.158. The van der Waals surface area contributed by atoms with Gasteiger partial charge >= 0.3 is 137 Å². The minimum absolute atomic E-state index is 0.